The summed E-state index contributed by atoms with van der Waals surface area (Å²) in [6, 6.07) is 2.71. The zero-order valence-electron chi connectivity index (χ0n) is 7.77. The summed E-state index contributed by atoms with van der Waals surface area (Å²) in [6.07, 6.45) is 0. The average Bonchev–Trinajstić information content (AvgIpc) is 2.16. The van der Waals surface area contributed by atoms with Gasteiger partial charge < -0.3 is 4.74 Å². The van der Waals surface area contributed by atoms with Gasteiger partial charge in [-0.3, -0.25) is 10.1 Å². The quantitative estimate of drug-likeness (QED) is 0.411. The van der Waals surface area contributed by atoms with Crippen molar-refractivity contribution in [3.63, 3.8) is 0 Å². The molecule has 0 aliphatic rings. The third kappa shape index (κ3) is 1.64. The standard InChI is InChI=1S/C9H8N2O3/c1-6-4-9(14-3)7(10-2)5-8(6)11(12)13/h4-5H,1,3H3. The second-order valence-corrected chi connectivity index (χ2v) is 2.68. The summed E-state index contributed by atoms with van der Waals surface area (Å²) in [5, 5.41) is 10.6. The van der Waals surface area contributed by atoms with E-state index in [1.54, 1.807) is 6.92 Å². The first-order chi connectivity index (χ1) is 6.60. The van der Waals surface area contributed by atoms with Crippen molar-refractivity contribution >= 4 is 11.4 Å². The van der Waals surface area contributed by atoms with Crippen molar-refractivity contribution < 1.29 is 9.66 Å². The molecule has 5 nitrogen and oxygen atoms in total. The van der Waals surface area contributed by atoms with E-state index in [9.17, 15) is 10.1 Å². The molecular formula is C9H8N2O3. The molecular weight excluding hydrogens is 184 g/mol. The van der Waals surface area contributed by atoms with Crippen molar-refractivity contribution in [1.29, 1.82) is 0 Å². The maximum Gasteiger partial charge on any atom is 0.262 e. The van der Waals surface area contributed by atoms with Crippen LogP contribution in [0, 0.1) is 23.6 Å². The lowest BCUT2D eigenvalue weighted by molar-refractivity contribution is -0.385. The number of nitro benzene ring substituents is 1. The zero-order valence-corrected chi connectivity index (χ0v) is 7.77. The summed E-state index contributed by atoms with van der Waals surface area (Å²) >= 11 is 0. The second-order valence-electron chi connectivity index (χ2n) is 2.68. The van der Waals surface area contributed by atoms with Crippen LogP contribution in [0.2, 0.25) is 0 Å². The number of nitro groups is 1. The maximum absolute atomic E-state index is 10.6. The first-order valence-corrected chi connectivity index (χ1v) is 3.80. The predicted octanol–water partition coefficient (Wildman–Crippen LogP) is 2.46. The normalized spacial score (nSPS) is 9.21. The minimum Gasteiger partial charge on any atom is -0.508 e. The highest BCUT2D eigenvalue weighted by Crippen LogP contribution is 2.34. The Morgan fingerprint density at radius 2 is 2.21 bits per heavy atom. The lowest BCUT2D eigenvalue weighted by atomic mass is 10.1. The Kier molecular flexibility index (Phi) is 2.67. The Labute approximate surface area is 80.9 Å². The Morgan fingerprint density at radius 1 is 1.57 bits per heavy atom. The van der Waals surface area contributed by atoms with E-state index in [2.05, 4.69) is 4.85 Å². The molecule has 0 aliphatic carbocycles. The fraction of sp³-hybridized carbons (Fsp3) is 0.222. The van der Waals surface area contributed by atoms with Crippen molar-refractivity contribution in [1.82, 2.24) is 0 Å². The number of hydrogen-bond donors (Lipinski definition) is 0. The van der Waals surface area contributed by atoms with E-state index in [-0.39, 0.29) is 11.4 Å². The van der Waals surface area contributed by atoms with Gasteiger partial charge in [-0.25, -0.2) is 4.85 Å². The van der Waals surface area contributed by atoms with Crippen LogP contribution in [0.1, 0.15) is 5.56 Å². The van der Waals surface area contributed by atoms with Gasteiger partial charge in [0.05, 0.1) is 18.6 Å². The van der Waals surface area contributed by atoms with Crippen molar-refractivity contribution in [3.05, 3.63) is 39.2 Å². The Bertz CT molecular complexity index is 421. The highest BCUT2D eigenvalue weighted by atomic mass is 16.6. The van der Waals surface area contributed by atoms with Gasteiger partial charge in [-0.1, -0.05) is 0 Å². The molecule has 1 rings (SSSR count). The van der Waals surface area contributed by atoms with Gasteiger partial charge in [-0.15, -0.1) is 0 Å². The van der Waals surface area contributed by atoms with E-state index in [0.29, 0.717) is 11.3 Å². The summed E-state index contributed by atoms with van der Waals surface area (Å²) in [6.45, 7) is 8.42. The largest absolute Gasteiger partial charge is 0.508 e. The molecule has 0 N–H and O–H groups in total. The van der Waals surface area contributed by atoms with Crippen LogP contribution in [0.3, 0.4) is 0 Å². The molecule has 0 heterocycles. The molecule has 14 heavy (non-hydrogen) atoms. The summed E-state index contributed by atoms with van der Waals surface area (Å²) in [4.78, 5) is 13.2. The van der Waals surface area contributed by atoms with E-state index >= 15 is 0 Å². The molecule has 0 aliphatic heterocycles. The molecule has 0 spiro atoms. The average molecular weight is 192 g/mol. The van der Waals surface area contributed by atoms with Crippen molar-refractivity contribution in [2.45, 2.75) is 6.92 Å². The van der Waals surface area contributed by atoms with Gasteiger partial charge in [0, 0.05) is 11.6 Å². The molecule has 0 fully saturated rings. The number of rotatable bonds is 2. The highest BCUT2D eigenvalue weighted by Gasteiger charge is 2.15. The Hall–Kier alpha value is -2.09. The summed E-state index contributed by atoms with van der Waals surface area (Å²) in [5.74, 6) is 0.364. The highest BCUT2D eigenvalue weighted by molar-refractivity contribution is 5.65. The minimum atomic E-state index is -0.510. The van der Waals surface area contributed by atoms with Crippen molar-refractivity contribution in [2.24, 2.45) is 0 Å². The Morgan fingerprint density at radius 3 is 2.64 bits per heavy atom. The first kappa shape index (κ1) is 9.99. The van der Waals surface area contributed by atoms with Crippen LogP contribution in [-0.4, -0.2) is 12.0 Å². The molecule has 0 amide bonds. The van der Waals surface area contributed by atoms with E-state index < -0.39 is 4.92 Å². The van der Waals surface area contributed by atoms with Gasteiger partial charge in [-0.05, 0) is 13.0 Å². The van der Waals surface area contributed by atoms with Crippen LogP contribution in [0.15, 0.2) is 12.1 Å². The number of nitrogens with zero attached hydrogens (tertiary/aromatic N) is 2. The van der Waals surface area contributed by atoms with Gasteiger partial charge in [-0.2, -0.15) is 0 Å². The number of methoxy groups -OCH3 is 1. The van der Waals surface area contributed by atoms with E-state index in [4.69, 9.17) is 11.3 Å². The topological polar surface area (TPSA) is 56.7 Å². The fourth-order valence-electron chi connectivity index (χ4n) is 1.11. The predicted molar refractivity (Wildman–Crippen MR) is 50.6 cm³/mol. The van der Waals surface area contributed by atoms with E-state index in [0.717, 1.165) is 0 Å². The fourth-order valence-corrected chi connectivity index (χ4v) is 1.11. The lowest BCUT2D eigenvalue weighted by Crippen LogP contribution is -1.92. The van der Waals surface area contributed by atoms with E-state index in [1.165, 1.54) is 19.2 Å². The number of aryl methyl sites for hydroxylation is 1. The van der Waals surface area contributed by atoms with Crippen LogP contribution in [0.25, 0.3) is 4.85 Å². The van der Waals surface area contributed by atoms with Gasteiger partial charge in [0.2, 0.25) is 5.69 Å². The SMILES string of the molecule is [C-]#[N+]c1cc([N+](=O)[O-])c(C)cc1OC. The number of ether oxygens (including phenoxy) is 1. The molecule has 0 atom stereocenters. The first-order valence-electron chi connectivity index (χ1n) is 3.80. The van der Waals surface area contributed by atoms with Gasteiger partial charge >= 0.3 is 0 Å². The molecule has 0 bridgehead atoms. The molecule has 0 saturated carbocycles. The third-order valence-corrected chi connectivity index (χ3v) is 1.81. The molecule has 1 aromatic carbocycles. The molecule has 0 aromatic heterocycles. The minimum absolute atomic E-state index is 0.0585. The van der Waals surface area contributed by atoms with Gasteiger partial charge in [0.1, 0.15) is 5.75 Å². The zero-order chi connectivity index (χ0) is 10.7. The second kappa shape index (κ2) is 3.75. The molecule has 0 radical (unpaired) electrons. The third-order valence-electron chi connectivity index (χ3n) is 1.81. The van der Waals surface area contributed by atoms with Gasteiger partial charge in [0.25, 0.3) is 5.69 Å². The van der Waals surface area contributed by atoms with E-state index in [1.807, 2.05) is 0 Å². The van der Waals surface area contributed by atoms with Crippen molar-refractivity contribution in [2.75, 3.05) is 7.11 Å². The van der Waals surface area contributed by atoms with Crippen LogP contribution in [0.5, 0.6) is 5.75 Å². The smallest absolute Gasteiger partial charge is 0.262 e. The molecule has 0 saturated heterocycles. The maximum atomic E-state index is 10.6. The summed E-state index contributed by atoms with van der Waals surface area (Å²) in [7, 11) is 1.43. The van der Waals surface area contributed by atoms with Gasteiger partial charge in [0.15, 0.2) is 0 Å². The molecule has 5 heteroatoms. The molecule has 0 unspecified atom stereocenters. The van der Waals surface area contributed by atoms with Crippen molar-refractivity contribution in [3.8, 4) is 5.75 Å². The summed E-state index contributed by atoms with van der Waals surface area (Å²) in [5.41, 5.74) is 0.584. The molecule has 1 aromatic rings. The molecule has 72 valence electrons. The van der Waals surface area contributed by atoms with Crippen LogP contribution < -0.4 is 4.74 Å². The van der Waals surface area contributed by atoms with Crippen LogP contribution in [0.4, 0.5) is 11.4 Å². The monoisotopic (exact) mass is 192 g/mol. The Balaban J connectivity index is 3.40. The summed E-state index contributed by atoms with van der Waals surface area (Å²) < 4.78 is 4.92. The van der Waals surface area contributed by atoms with Crippen LogP contribution >= 0.6 is 0 Å². The number of hydrogen-bond acceptors (Lipinski definition) is 3. The number of benzene rings is 1. The lowest BCUT2D eigenvalue weighted by Gasteiger charge is -2.04. The van der Waals surface area contributed by atoms with Crippen LogP contribution in [-0.2, 0) is 0 Å².